The number of fused-ring (bicyclic) bond motifs is 8. The van der Waals surface area contributed by atoms with Gasteiger partial charge in [0.1, 0.15) is 17.0 Å². The second-order valence-corrected chi connectivity index (χ2v) is 14.3. The fraction of sp³-hybridized carbons (Fsp3) is 0.300. The van der Waals surface area contributed by atoms with Crippen LogP contribution in [-0.4, -0.2) is 14.5 Å². The van der Waals surface area contributed by atoms with Crippen molar-refractivity contribution in [3.05, 3.63) is 102 Å². The Labute approximate surface area is 263 Å². The van der Waals surface area contributed by atoms with Gasteiger partial charge in [-0.15, -0.1) is 0 Å². The standard InChI is InChI=1S/C40H39N3O2/c1-22(2)24-14-11-15-25(23(3)4)33(24)43-34-30(20-19-29-32(34)36-37(41-21-44-36)40(7,8)39(29,5)6)42-38(43)28-17-12-16-27-26-13-9-10-18-31(26)45-35(27)28/h9-23H,1-8H3. The molecule has 0 atom stereocenters. The van der Waals surface area contributed by atoms with Gasteiger partial charge in [0.25, 0.3) is 0 Å². The maximum absolute atomic E-state index is 6.62. The third-order valence-corrected chi connectivity index (χ3v) is 10.7. The molecular formula is C40H39N3O2. The van der Waals surface area contributed by atoms with Gasteiger partial charge in [0.05, 0.1) is 28.0 Å². The molecule has 226 valence electrons. The number of hydrogen-bond acceptors (Lipinski definition) is 4. The molecule has 4 aromatic carbocycles. The summed E-state index contributed by atoms with van der Waals surface area (Å²) in [7, 11) is 0. The Morgan fingerprint density at radius 2 is 1.42 bits per heavy atom. The van der Waals surface area contributed by atoms with Crippen LogP contribution in [0.1, 0.15) is 89.6 Å². The molecule has 0 amide bonds. The lowest BCUT2D eigenvalue weighted by Crippen LogP contribution is -2.43. The van der Waals surface area contributed by atoms with Gasteiger partial charge in [-0.1, -0.05) is 110 Å². The first-order chi connectivity index (χ1) is 21.5. The Morgan fingerprint density at radius 1 is 0.733 bits per heavy atom. The van der Waals surface area contributed by atoms with E-state index in [1.165, 1.54) is 22.4 Å². The normalized spacial score (nSPS) is 15.4. The number of benzene rings is 4. The number of furan rings is 1. The molecular weight excluding hydrogens is 554 g/mol. The summed E-state index contributed by atoms with van der Waals surface area (Å²) in [5.74, 6) is 2.29. The number of imidazole rings is 1. The van der Waals surface area contributed by atoms with Crippen molar-refractivity contribution in [3.8, 4) is 28.4 Å². The summed E-state index contributed by atoms with van der Waals surface area (Å²) in [4.78, 5) is 10.3. The van der Waals surface area contributed by atoms with Gasteiger partial charge in [-0.05, 0) is 46.7 Å². The zero-order valence-corrected chi connectivity index (χ0v) is 27.3. The third-order valence-electron chi connectivity index (χ3n) is 10.7. The highest BCUT2D eigenvalue weighted by Crippen LogP contribution is 2.56. The van der Waals surface area contributed by atoms with Crippen LogP contribution in [0.2, 0.25) is 0 Å². The van der Waals surface area contributed by atoms with Gasteiger partial charge in [0, 0.05) is 27.2 Å². The molecule has 0 saturated carbocycles. The topological polar surface area (TPSA) is 57.0 Å². The molecule has 1 aliphatic rings. The lowest BCUT2D eigenvalue weighted by Gasteiger charge is -2.45. The zero-order valence-electron chi connectivity index (χ0n) is 27.3. The number of aromatic nitrogens is 3. The van der Waals surface area contributed by atoms with Gasteiger partial charge >= 0.3 is 0 Å². The summed E-state index contributed by atoms with van der Waals surface area (Å²) in [6.07, 6.45) is 1.61. The monoisotopic (exact) mass is 593 g/mol. The van der Waals surface area contributed by atoms with E-state index >= 15 is 0 Å². The molecule has 0 bridgehead atoms. The van der Waals surface area contributed by atoms with Gasteiger partial charge in [0.2, 0.25) is 0 Å². The summed E-state index contributed by atoms with van der Waals surface area (Å²) >= 11 is 0. The molecule has 5 nitrogen and oxygen atoms in total. The van der Waals surface area contributed by atoms with E-state index in [0.29, 0.717) is 11.8 Å². The molecule has 0 saturated heterocycles. The second kappa shape index (κ2) is 9.43. The smallest absolute Gasteiger partial charge is 0.181 e. The predicted octanol–water partition coefficient (Wildman–Crippen LogP) is 11.1. The minimum atomic E-state index is -0.234. The first-order valence-electron chi connectivity index (χ1n) is 16.1. The predicted molar refractivity (Wildman–Crippen MR) is 184 cm³/mol. The van der Waals surface area contributed by atoms with Crippen molar-refractivity contribution in [2.45, 2.75) is 78.1 Å². The molecule has 3 aromatic heterocycles. The van der Waals surface area contributed by atoms with E-state index in [1.807, 2.05) is 12.1 Å². The van der Waals surface area contributed by atoms with Crippen molar-refractivity contribution in [1.29, 1.82) is 0 Å². The Hall–Kier alpha value is -4.64. The van der Waals surface area contributed by atoms with E-state index in [1.54, 1.807) is 6.39 Å². The first-order valence-corrected chi connectivity index (χ1v) is 16.1. The summed E-state index contributed by atoms with van der Waals surface area (Å²) in [6, 6.07) is 25.9. The van der Waals surface area contributed by atoms with Crippen molar-refractivity contribution in [1.82, 2.24) is 14.5 Å². The maximum atomic E-state index is 6.62. The zero-order chi connectivity index (χ0) is 31.4. The molecule has 3 heterocycles. The van der Waals surface area contributed by atoms with Crippen LogP contribution >= 0.6 is 0 Å². The minimum absolute atomic E-state index is 0.215. The molecule has 0 unspecified atom stereocenters. The van der Waals surface area contributed by atoms with E-state index in [4.69, 9.17) is 18.8 Å². The summed E-state index contributed by atoms with van der Waals surface area (Å²) < 4.78 is 15.4. The SMILES string of the molecule is CC(C)c1cccc(C(C)C)c1-n1c(-c2cccc3c2oc2ccccc23)nc2ccc3c(c21)-c1ocnc1C(C)(C)C3(C)C. The molecule has 0 fully saturated rings. The number of hydrogen-bond donors (Lipinski definition) is 0. The fourth-order valence-electron chi connectivity index (χ4n) is 7.51. The molecule has 0 radical (unpaired) electrons. The number of oxazole rings is 1. The molecule has 1 aliphatic carbocycles. The largest absolute Gasteiger partial charge is 0.455 e. The van der Waals surface area contributed by atoms with E-state index in [2.05, 4.69) is 121 Å². The highest BCUT2D eigenvalue weighted by Gasteiger charge is 2.49. The van der Waals surface area contributed by atoms with Crippen LogP contribution < -0.4 is 0 Å². The van der Waals surface area contributed by atoms with Crippen LogP contribution in [-0.2, 0) is 10.8 Å². The van der Waals surface area contributed by atoms with Gasteiger partial charge in [0.15, 0.2) is 12.2 Å². The third kappa shape index (κ3) is 3.67. The Morgan fingerprint density at radius 3 is 2.16 bits per heavy atom. The molecule has 45 heavy (non-hydrogen) atoms. The van der Waals surface area contributed by atoms with Crippen molar-refractivity contribution < 1.29 is 8.83 Å². The van der Waals surface area contributed by atoms with Crippen molar-refractivity contribution >= 4 is 33.0 Å². The first kappa shape index (κ1) is 27.9. The quantitative estimate of drug-likeness (QED) is 0.204. The van der Waals surface area contributed by atoms with Gasteiger partial charge in [-0.3, -0.25) is 4.57 Å². The number of rotatable bonds is 4. The number of para-hydroxylation sites is 3. The minimum Gasteiger partial charge on any atom is -0.455 e. The summed E-state index contributed by atoms with van der Waals surface area (Å²) in [6.45, 7) is 18.3. The Balaban J connectivity index is 1.60. The fourth-order valence-corrected chi connectivity index (χ4v) is 7.51. The lowest BCUT2D eigenvalue weighted by molar-refractivity contribution is 0.290. The summed E-state index contributed by atoms with van der Waals surface area (Å²) in [5, 5.41) is 2.19. The van der Waals surface area contributed by atoms with Gasteiger partial charge in [-0.25, -0.2) is 9.97 Å². The molecule has 5 heteroatoms. The number of nitrogens with zero attached hydrogens (tertiary/aromatic N) is 3. The van der Waals surface area contributed by atoms with Crippen molar-refractivity contribution in [3.63, 3.8) is 0 Å². The van der Waals surface area contributed by atoms with E-state index in [-0.39, 0.29) is 10.8 Å². The molecule has 8 rings (SSSR count). The van der Waals surface area contributed by atoms with Crippen molar-refractivity contribution in [2.24, 2.45) is 0 Å². The van der Waals surface area contributed by atoms with Gasteiger partial charge in [-0.2, -0.15) is 0 Å². The average Bonchev–Trinajstić information content (AvgIpc) is 3.75. The van der Waals surface area contributed by atoms with Crippen LogP contribution in [0.4, 0.5) is 0 Å². The van der Waals surface area contributed by atoms with Crippen LogP contribution in [0.15, 0.2) is 88.0 Å². The maximum Gasteiger partial charge on any atom is 0.181 e. The van der Waals surface area contributed by atoms with Crippen LogP contribution in [0.5, 0.6) is 0 Å². The van der Waals surface area contributed by atoms with Gasteiger partial charge < -0.3 is 8.83 Å². The Bertz CT molecular complexity index is 2260. The van der Waals surface area contributed by atoms with E-state index in [0.717, 1.165) is 61.4 Å². The molecule has 7 aromatic rings. The second-order valence-electron chi connectivity index (χ2n) is 14.3. The highest BCUT2D eigenvalue weighted by atomic mass is 16.3. The van der Waals surface area contributed by atoms with Crippen molar-refractivity contribution in [2.75, 3.05) is 0 Å². The summed E-state index contributed by atoms with van der Waals surface area (Å²) in [5.41, 5.74) is 11.3. The van der Waals surface area contributed by atoms with Crippen LogP contribution in [0.3, 0.4) is 0 Å². The van der Waals surface area contributed by atoms with Crippen LogP contribution in [0.25, 0.3) is 61.4 Å². The Kier molecular flexibility index (Phi) is 5.84. The van der Waals surface area contributed by atoms with E-state index < -0.39 is 0 Å². The molecule has 0 N–H and O–H groups in total. The molecule has 0 aliphatic heterocycles. The van der Waals surface area contributed by atoms with E-state index in [9.17, 15) is 0 Å². The molecule has 0 spiro atoms. The highest BCUT2D eigenvalue weighted by molar-refractivity contribution is 6.10. The lowest BCUT2D eigenvalue weighted by atomic mass is 9.58. The average molecular weight is 594 g/mol. The van der Waals surface area contributed by atoms with Crippen LogP contribution in [0, 0.1) is 0 Å².